The summed E-state index contributed by atoms with van der Waals surface area (Å²) in [6, 6.07) is 7.04. The van der Waals surface area contributed by atoms with Crippen LogP contribution in [-0.2, 0) is 26.0 Å². The second-order valence-corrected chi connectivity index (χ2v) is 8.36. The number of hydrogen-bond donors (Lipinski definition) is 2. The van der Waals surface area contributed by atoms with Crippen molar-refractivity contribution in [1.82, 2.24) is 14.9 Å². The number of carbonyl (C=O) groups excluding carboxylic acids is 1. The first-order valence-electron chi connectivity index (χ1n) is 9.10. The van der Waals surface area contributed by atoms with Gasteiger partial charge in [0.25, 0.3) is 0 Å². The minimum atomic E-state index is -3.47. The van der Waals surface area contributed by atoms with Gasteiger partial charge in [-0.1, -0.05) is 19.1 Å². The Morgan fingerprint density at radius 1 is 1.23 bits per heavy atom. The molecule has 2 rings (SSSR count). The summed E-state index contributed by atoms with van der Waals surface area (Å²) in [4.78, 5) is 12.2. The van der Waals surface area contributed by atoms with E-state index in [0.29, 0.717) is 45.7 Å². The molecule has 0 radical (unpaired) electrons. The molecule has 1 atom stereocenters. The molecule has 1 amide bonds. The van der Waals surface area contributed by atoms with E-state index in [0.717, 1.165) is 12.1 Å². The highest BCUT2D eigenvalue weighted by Gasteiger charge is 2.26. The first-order chi connectivity index (χ1) is 12.4. The van der Waals surface area contributed by atoms with Gasteiger partial charge in [0, 0.05) is 32.1 Å². The van der Waals surface area contributed by atoms with Crippen LogP contribution in [0, 0.1) is 0 Å². The van der Waals surface area contributed by atoms with E-state index in [1.165, 1.54) is 4.31 Å². The van der Waals surface area contributed by atoms with E-state index in [9.17, 15) is 13.2 Å². The second-order valence-electron chi connectivity index (χ2n) is 6.42. The molecule has 1 aliphatic rings. The van der Waals surface area contributed by atoms with Gasteiger partial charge in [-0.25, -0.2) is 8.42 Å². The van der Waals surface area contributed by atoms with Crippen LogP contribution in [0.25, 0.3) is 0 Å². The SMILES string of the molecule is CCN[C@H](C)CNC(=O)CCc1ccc(S(=O)(=O)N2CCOCC2)cc1. The van der Waals surface area contributed by atoms with Crippen molar-refractivity contribution in [3.8, 4) is 0 Å². The third-order valence-corrected chi connectivity index (χ3v) is 6.24. The number of nitrogens with zero attached hydrogens (tertiary/aromatic N) is 1. The smallest absolute Gasteiger partial charge is 0.243 e. The molecule has 1 aromatic carbocycles. The number of benzene rings is 1. The minimum Gasteiger partial charge on any atom is -0.379 e. The van der Waals surface area contributed by atoms with Crippen LogP contribution < -0.4 is 10.6 Å². The maximum Gasteiger partial charge on any atom is 0.243 e. The van der Waals surface area contributed by atoms with Gasteiger partial charge in [-0.2, -0.15) is 4.31 Å². The van der Waals surface area contributed by atoms with E-state index in [2.05, 4.69) is 10.6 Å². The van der Waals surface area contributed by atoms with Crippen molar-refractivity contribution in [2.45, 2.75) is 37.6 Å². The van der Waals surface area contributed by atoms with Crippen molar-refractivity contribution >= 4 is 15.9 Å². The van der Waals surface area contributed by atoms with Gasteiger partial charge in [0.2, 0.25) is 15.9 Å². The van der Waals surface area contributed by atoms with Crippen LogP contribution in [0.5, 0.6) is 0 Å². The second kappa shape index (κ2) is 10.0. The average molecular weight is 384 g/mol. The van der Waals surface area contributed by atoms with Crippen LogP contribution in [0.3, 0.4) is 0 Å². The largest absolute Gasteiger partial charge is 0.379 e. The number of aryl methyl sites for hydroxylation is 1. The Morgan fingerprint density at radius 3 is 2.50 bits per heavy atom. The number of hydrogen-bond acceptors (Lipinski definition) is 5. The number of morpholine rings is 1. The van der Waals surface area contributed by atoms with Gasteiger partial charge in [0.05, 0.1) is 18.1 Å². The molecule has 2 N–H and O–H groups in total. The molecule has 7 nitrogen and oxygen atoms in total. The van der Waals surface area contributed by atoms with Crippen LogP contribution >= 0.6 is 0 Å². The van der Waals surface area contributed by atoms with Crippen LogP contribution in [0.15, 0.2) is 29.2 Å². The Bertz CT molecular complexity index is 670. The normalized spacial score (nSPS) is 17.0. The Balaban J connectivity index is 1.84. The van der Waals surface area contributed by atoms with Gasteiger partial charge in [-0.05, 0) is 37.6 Å². The molecule has 0 unspecified atom stereocenters. The number of rotatable bonds is 9. The van der Waals surface area contributed by atoms with E-state index in [4.69, 9.17) is 4.74 Å². The van der Waals surface area contributed by atoms with E-state index in [1.807, 2.05) is 13.8 Å². The molecule has 1 aliphatic heterocycles. The van der Waals surface area contributed by atoms with Gasteiger partial charge in [0.1, 0.15) is 0 Å². The molecule has 8 heteroatoms. The Hall–Kier alpha value is -1.48. The quantitative estimate of drug-likeness (QED) is 0.657. The molecular formula is C18H29N3O4S. The van der Waals surface area contributed by atoms with Crippen molar-refractivity contribution in [1.29, 1.82) is 0 Å². The average Bonchev–Trinajstić information content (AvgIpc) is 2.66. The van der Waals surface area contributed by atoms with Crippen molar-refractivity contribution < 1.29 is 17.9 Å². The summed E-state index contributed by atoms with van der Waals surface area (Å²) in [6.45, 7) is 7.15. The van der Waals surface area contributed by atoms with E-state index in [-0.39, 0.29) is 16.8 Å². The molecule has 26 heavy (non-hydrogen) atoms. The maximum absolute atomic E-state index is 12.6. The Labute approximate surface area is 156 Å². The summed E-state index contributed by atoms with van der Waals surface area (Å²) in [5.74, 6) is -0.000215. The van der Waals surface area contributed by atoms with Crippen LogP contribution in [-0.4, -0.2) is 64.1 Å². The molecule has 1 heterocycles. The van der Waals surface area contributed by atoms with Gasteiger partial charge in [-0.15, -0.1) is 0 Å². The molecule has 0 aromatic heterocycles. The highest BCUT2D eigenvalue weighted by molar-refractivity contribution is 7.89. The fourth-order valence-electron chi connectivity index (χ4n) is 2.80. The first-order valence-corrected chi connectivity index (χ1v) is 10.5. The minimum absolute atomic E-state index is 0.000215. The van der Waals surface area contributed by atoms with Gasteiger partial charge in [-0.3, -0.25) is 4.79 Å². The lowest BCUT2D eigenvalue weighted by Crippen LogP contribution is -2.40. The number of sulfonamides is 1. The van der Waals surface area contributed by atoms with Crippen molar-refractivity contribution in [3.05, 3.63) is 29.8 Å². The number of ether oxygens (including phenoxy) is 1. The monoisotopic (exact) mass is 383 g/mol. The number of carbonyl (C=O) groups is 1. The molecule has 1 aromatic rings. The highest BCUT2D eigenvalue weighted by atomic mass is 32.2. The molecule has 146 valence electrons. The lowest BCUT2D eigenvalue weighted by atomic mass is 10.1. The fourth-order valence-corrected chi connectivity index (χ4v) is 4.21. The summed E-state index contributed by atoms with van der Waals surface area (Å²) in [6.07, 6.45) is 0.966. The molecule has 0 aliphatic carbocycles. The molecule has 1 fully saturated rings. The van der Waals surface area contributed by atoms with Crippen LogP contribution in [0.4, 0.5) is 0 Å². The van der Waals surface area contributed by atoms with Gasteiger partial charge >= 0.3 is 0 Å². The topological polar surface area (TPSA) is 87.7 Å². The lowest BCUT2D eigenvalue weighted by molar-refractivity contribution is -0.121. The predicted octanol–water partition coefficient (Wildman–Crippen LogP) is 0.754. The number of likely N-dealkylation sites (N-methyl/N-ethyl adjacent to an activating group) is 1. The summed E-state index contributed by atoms with van der Waals surface area (Å²) in [7, 11) is -3.47. The third-order valence-electron chi connectivity index (χ3n) is 4.33. The van der Waals surface area contributed by atoms with Gasteiger partial charge < -0.3 is 15.4 Å². The van der Waals surface area contributed by atoms with E-state index in [1.54, 1.807) is 24.3 Å². The molecule has 0 spiro atoms. The summed E-state index contributed by atoms with van der Waals surface area (Å²) >= 11 is 0. The Kier molecular flexibility index (Phi) is 8.02. The van der Waals surface area contributed by atoms with E-state index >= 15 is 0 Å². The molecule has 0 saturated carbocycles. The third kappa shape index (κ3) is 6.05. The predicted molar refractivity (Wildman–Crippen MR) is 100 cm³/mol. The first kappa shape index (κ1) is 20.8. The summed E-state index contributed by atoms with van der Waals surface area (Å²) < 4.78 is 31.8. The van der Waals surface area contributed by atoms with Crippen molar-refractivity contribution in [3.63, 3.8) is 0 Å². The molecule has 0 bridgehead atoms. The van der Waals surface area contributed by atoms with Crippen molar-refractivity contribution in [2.24, 2.45) is 0 Å². The van der Waals surface area contributed by atoms with Crippen LogP contribution in [0.2, 0.25) is 0 Å². The molecule has 1 saturated heterocycles. The summed E-state index contributed by atoms with van der Waals surface area (Å²) in [5, 5.41) is 6.14. The Morgan fingerprint density at radius 2 is 1.88 bits per heavy atom. The zero-order valence-electron chi connectivity index (χ0n) is 15.5. The lowest BCUT2D eigenvalue weighted by Gasteiger charge is -2.26. The molecular weight excluding hydrogens is 354 g/mol. The van der Waals surface area contributed by atoms with E-state index < -0.39 is 10.0 Å². The number of amides is 1. The van der Waals surface area contributed by atoms with Crippen molar-refractivity contribution in [2.75, 3.05) is 39.4 Å². The van der Waals surface area contributed by atoms with Gasteiger partial charge in [0.15, 0.2) is 0 Å². The van der Waals surface area contributed by atoms with Crippen LogP contribution in [0.1, 0.15) is 25.8 Å². The highest BCUT2D eigenvalue weighted by Crippen LogP contribution is 2.18. The summed E-state index contributed by atoms with van der Waals surface area (Å²) in [5.41, 5.74) is 0.945. The fraction of sp³-hybridized carbons (Fsp3) is 0.611. The standard InChI is InChI=1S/C18H29N3O4S/c1-3-19-15(2)14-20-18(22)9-6-16-4-7-17(8-5-16)26(23,24)21-10-12-25-13-11-21/h4-5,7-8,15,19H,3,6,9-14H2,1-2H3,(H,20,22)/t15-/m1/s1. The maximum atomic E-state index is 12.6. The number of nitrogens with one attached hydrogen (secondary N) is 2. The zero-order valence-corrected chi connectivity index (χ0v) is 16.3. The zero-order chi connectivity index (χ0) is 19.0.